The van der Waals surface area contributed by atoms with E-state index in [2.05, 4.69) is 17.4 Å². The number of carbonyl (C=O) groups excluding carboxylic acids is 1. The third kappa shape index (κ3) is 4.80. The second kappa shape index (κ2) is 8.28. The van der Waals surface area contributed by atoms with E-state index < -0.39 is 5.54 Å². The molecule has 4 heteroatoms. The summed E-state index contributed by atoms with van der Waals surface area (Å²) in [6.07, 6.45) is 6.99. The zero-order valence-corrected chi connectivity index (χ0v) is 12.8. The van der Waals surface area contributed by atoms with Crippen LogP contribution in [-0.4, -0.2) is 18.0 Å². The molecule has 0 aromatic heterocycles. The Labute approximate surface area is 127 Å². The predicted molar refractivity (Wildman–Crippen MR) is 85.0 cm³/mol. The molecule has 1 aliphatic rings. The number of aryl methyl sites for hydroxylation is 1. The Kier molecular flexibility index (Phi) is 7.03. The van der Waals surface area contributed by atoms with Crippen LogP contribution in [0.25, 0.3) is 0 Å². The monoisotopic (exact) mass is 296 g/mol. The van der Waals surface area contributed by atoms with Gasteiger partial charge in [-0.25, -0.2) is 0 Å². The van der Waals surface area contributed by atoms with Crippen LogP contribution in [0.15, 0.2) is 30.3 Å². The number of benzene rings is 1. The molecule has 1 saturated carbocycles. The molecule has 1 fully saturated rings. The molecule has 20 heavy (non-hydrogen) atoms. The van der Waals surface area contributed by atoms with Crippen molar-refractivity contribution in [1.29, 1.82) is 0 Å². The van der Waals surface area contributed by atoms with Crippen LogP contribution < -0.4 is 11.1 Å². The van der Waals surface area contributed by atoms with Gasteiger partial charge in [0.25, 0.3) is 0 Å². The molecule has 3 N–H and O–H groups in total. The molecule has 0 spiro atoms. The van der Waals surface area contributed by atoms with E-state index in [-0.39, 0.29) is 18.3 Å². The van der Waals surface area contributed by atoms with Gasteiger partial charge < -0.3 is 11.1 Å². The van der Waals surface area contributed by atoms with E-state index in [1.54, 1.807) is 0 Å². The van der Waals surface area contributed by atoms with Crippen LogP contribution in [0.1, 0.15) is 44.1 Å². The normalized spacial score (nSPS) is 17.1. The lowest BCUT2D eigenvalue weighted by atomic mass is 9.82. The van der Waals surface area contributed by atoms with Gasteiger partial charge in [0, 0.05) is 6.54 Å². The molecule has 1 aliphatic carbocycles. The van der Waals surface area contributed by atoms with Crippen molar-refractivity contribution in [3.8, 4) is 0 Å². The minimum Gasteiger partial charge on any atom is -0.354 e. The minimum absolute atomic E-state index is 0. The summed E-state index contributed by atoms with van der Waals surface area (Å²) in [6.45, 7) is 0.715. The summed E-state index contributed by atoms with van der Waals surface area (Å²) in [5.41, 5.74) is 6.89. The summed E-state index contributed by atoms with van der Waals surface area (Å²) in [4.78, 5) is 12.1. The number of hydrogen-bond donors (Lipinski definition) is 2. The zero-order valence-electron chi connectivity index (χ0n) is 11.9. The molecule has 0 radical (unpaired) electrons. The standard InChI is InChI=1S/C16H24N2O.ClH/c17-16(11-5-2-6-12-16)15(19)18-13-7-10-14-8-3-1-4-9-14;/h1,3-4,8-9H,2,5-7,10-13,17H2,(H,18,19);1H. The average Bonchev–Trinajstić information content (AvgIpc) is 2.45. The maximum atomic E-state index is 12.1. The minimum atomic E-state index is -0.606. The van der Waals surface area contributed by atoms with E-state index in [4.69, 9.17) is 5.73 Å². The Bertz CT molecular complexity index is 402. The lowest BCUT2D eigenvalue weighted by Gasteiger charge is -2.31. The highest BCUT2D eigenvalue weighted by molar-refractivity contribution is 5.86. The molecule has 0 bridgehead atoms. The SMILES string of the molecule is Cl.NC1(C(=O)NCCCc2ccccc2)CCCCC1. The van der Waals surface area contributed by atoms with Crippen LogP contribution >= 0.6 is 12.4 Å². The predicted octanol–water partition coefficient (Wildman–Crippen LogP) is 2.82. The van der Waals surface area contributed by atoms with Crippen molar-refractivity contribution >= 4 is 18.3 Å². The van der Waals surface area contributed by atoms with Gasteiger partial charge >= 0.3 is 0 Å². The van der Waals surface area contributed by atoms with E-state index in [0.29, 0.717) is 6.54 Å². The Balaban J connectivity index is 0.00000200. The van der Waals surface area contributed by atoms with E-state index in [9.17, 15) is 4.79 Å². The molecule has 0 heterocycles. The molecule has 0 unspecified atom stereocenters. The van der Waals surface area contributed by atoms with Crippen molar-refractivity contribution in [3.63, 3.8) is 0 Å². The summed E-state index contributed by atoms with van der Waals surface area (Å²) >= 11 is 0. The van der Waals surface area contributed by atoms with Crippen molar-refractivity contribution in [3.05, 3.63) is 35.9 Å². The lowest BCUT2D eigenvalue weighted by molar-refractivity contribution is -0.127. The van der Waals surface area contributed by atoms with Crippen LogP contribution in [0, 0.1) is 0 Å². The summed E-state index contributed by atoms with van der Waals surface area (Å²) in [5, 5.41) is 3.00. The summed E-state index contributed by atoms with van der Waals surface area (Å²) in [5.74, 6) is 0.0419. The van der Waals surface area contributed by atoms with Crippen molar-refractivity contribution in [1.82, 2.24) is 5.32 Å². The molecule has 0 atom stereocenters. The van der Waals surface area contributed by atoms with Crippen LogP contribution in [0.3, 0.4) is 0 Å². The van der Waals surface area contributed by atoms with Gasteiger partial charge in [-0.3, -0.25) is 4.79 Å². The maximum absolute atomic E-state index is 12.1. The van der Waals surface area contributed by atoms with Gasteiger partial charge in [-0.1, -0.05) is 49.6 Å². The van der Waals surface area contributed by atoms with E-state index in [0.717, 1.165) is 38.5 Å². The maximum Gasteiger partial charge on any atom is 0.240 e. The van der Waals surface area contributed by atoms with Crippen molar-refractivity contribution in [2.75, 3.05) is 6.54 Å². The molecule has 1 amide bonds. The Morgan fingerprint density at radius 2 is 1.80 bits per heavy atom. The first kappa shape index (κ1) is 17.0. The molecule has 3 nitrogen and oxygen atoms in total. The summed E-state index contributed by atoms with van der Waals surface area (Å²) in [7, 11) is 0. The Morgan fingerprint density at radius 3 is 2.45 bits per heavy atom. The van der Waals surface area contributed by atoms with Crippen LogP contribution in [0.5, 0.6) is 0 Å². The molecule has 1 aromatic carbocycles. The van der Waals surface area contributed by atoms with Gasteiger partial charge in [-0.2, -0.15) is 0 Å². The van der Waals surface area contributed by atoms with Gasteiger partial charge in [0.15, 0.2) is 0 Å². The molecule has 0 aliphatic heterocycles. The fourth-order valence-electron chi connectivity index (χ4n) is 2.72. The number of halogens is 1. The topological polar surface area (TPSA) is 55.1 Å². The summed E-state index contributed by atoms with van der Waals surface area (Å²) in [6, 6.07) is 10.4. The quantitative estimate of drug-likeness (QED) is 0.821. The third-order valence-corrected chi connectivity index (χ3v) is 3.97. The smallest absolute Gasteiger partial charge is 0.240 e. The van der Waals surface area contributed by atoms with Crippen LogP contribution in [0.2, 0.25) is 0 Å². The average molecular weight is 297 g/mol. The number of hydrogen-bond acceptors (Lipinski definition) is 2. The van der Waals surface area contributed by atoms with Gasteiger partial charge in [0.1, 0.15) is 0 Å². The molecule has 112 valence electrons. The number of amides is 1. The van der Waals surface area contributed by atoms with Gasteiger partial charge in [0.2, 0.25) is 5.91 Å². The number of rotatable bonds is 5. The second-order valence-corrected chi connectivity index (χ2v) is 5.56. The number of nitrogens with one attached hydrogen (secondary N) is 1. The largest absolute Gasteiger partial charge is 0.354 e. The highest BCUT2D eigenvalue weighted by Crippen LogP contribution is 2.25. The molecule has 1 aromatic rings. The molecular weight excluding hydrogens is 272 g/mol. The van der Waals surface area contributed by atoms with Crippen molar-refractivity contribution in [2.45, 2.75) is 50.5 Å². The Morgan fingerprint density at radius 1 is 1.15 bits per heavy atom. The fraction of sp³-hybridized carbons (Fsp3) is 0.562. The third-order valence-electron chi connectivity index (χ3n) is 3.97. The van der Waals surface area contributed by atoms with Gasteiger partial charge in [-0.15, -0.1) is 12.4 Å². The molecular formula is C16H25ClN2O. The van der Waals surface area contributed by atoms with Crippen molar-refractivity contribution < 1.29 is 4.79 Å². The lowest BCUT2D eigenvalue weighted by Crippen LogP contribution is -2.55. The van der Waals surface area contributed by atoms with E-state index in [1.807, 2.05) is 18.2 Å². The zero-order chi connectivity index (χ0) is 13.6. The highest BCUT2D eigenvalue weighted by atomic mass is 35.5. The number of carbonyl (C=O) groups is 1. The second-order valence-electron chi connectivity index (χ2n) is 5.56. The van der Waals surface area contributed by atoms with E-state index >= 15 is 0 Å². The van der Waals surface area contributed by atoms with Gasteiger partial charge in [0.05, 0.1) is 5.54 Å². The molecule has 0 saturated heterocycles. The van der Waals surface area contributed by atoms with Gasteiger partial charge in [-0.05, 0) is 31.2 Å². The molecule has 2 rings (SSSR count). The summed E-state index contributed by atoms with van der Waals surface area (Å²) < 4.78 is 0. The first-order chi connectivity index (χ1) is 9.21. The van der Waals surface area contributed by atoms with Crippen LogP contribution in [-0.2, 0) is 11.2 Å². The van der Waals surface area contributed by atoms with E-state index in [1.165, 1.54) is 12.0 Å². The van der Waals surface area contributed by atoms with Crippen LogP contribution in [0.4, 0.5) is 0 Å². The first-order valence-corrected chi connectivity index (χ1v) is 7.32. The first-order valence-electron chi connectivity index (χ1n) is 7.32. The van der Waals surface area contributed by atoms with Crippen molar-refractivity contribution in [2.24, 2.45) is 5.73 Å². The Hall–Kier alpha value is -1.06. The number of nitrogens with two attached hydrogens (primary N) is 1. The fourth-order valence-corrected chi connectivity index (χ4v) is 2.72. The highest BCUT2D eigenvalue weighted by Gasteiger charge is 2.34.